The minimum Gasteiger partial charge on any atom is -0.398 e. The summed E-state index contributed by atoms with van der Waals surface area (Å²) in [6.07, 6.45) is 3.31. The number of carbonyl (C=O) groups excluding carboxylic acids is 1. The molecule has 19 heavy (non-hydrogen) atoms. The molecule has 1 heterocycles. The summed E-state index contributed by atoms with van der Waals surface area (Å²) < 4.78 is 18.6. The van der Waals surface area contributed by atoms with Crippen molar-refractivity contribution >= 4 is 11.6 Å². The second-order valence-corrected chi connectivity index (χ2v) is 5.27. The molecule has 102 valence electrons. The summed E-state index contributed by atoms with van der Waals surface area (Å²) in [5.41, 5.74) is 6.16. The van der Waals surface area contributed by atoms with Gasteiger partial charge < -0.3 is 15.8 Å². The average Bonchev–Trinajstić information content (AvgIpc) is 3.10. The summed E-state index contributed by atoms with van der Waals surface area (Å²) in [6.45, 7) is 0.686. The Morgan fingerprint density at radius 2 is 2.16 bits per heavy atom. The quantitative estimate of drug-likeness (QED) is 0.817. The van der Waals surface area contributed by atoms with Crippen LogP contribution in [0, 0.1) is 11.7 Å². The molecule has 1 aromatic rings. The zero-order valence-electron chi connectivity index (χ0n) is 10.6. The van der Waals surface area contributed by atoms with Crippen molar-refractivity contribution < 1.29 is 13.9 Å². The summed E-state index contributed by atoms with van der Waals surface area (Å²) in [5.74, 6) is -0.105. The van der Waals surface area contributed by atoms with Crippen LogP contribution in [0.5, 0.6) is 0 Å². The van der Waals surface area contributed by atoms with Gasteiger partial charge in [0, 0.05) is 12.3 Å². The first-order chi connectivity index (χ1) is 9.15. The van der Waals surface area contributed by atoms with Crippen molar-refractivity contribution in [1.82, 2.24) is 5.32 Å². The number of rotatable bonds is 3. The smallest absolute Gasteiger partial charge is 0.253 e. The number of halogens is 1. The summed E-state index contributed by atoms with van der Waals surface area (Å²) in [5, 5.41) is 2.96. The number of hydrogen-bond donors (Lipinski definition) is 2. The Hall–Kier alpha value is -1.62. The molecule has 0 spiro atoms. The number of ether oxygens (including phenoxy) is 1. The van der Waals surface area contributed by atoms with Gasteiger partial charge in [-0.25, -0.2) is 4.39 Å². The van der Waals surface area contributed by atoms with Crippen LogP contribution in [-0.2, 0) is 4.74 Å². The van der Waals surface area contributed by atoms with Gasteiger partial charge in [-0.05, 0) is 43.4 Å². The maximum atomic E-state index is 13.0. The average molecular weight is 264 g/mol. The summed E-state index contributed by atoms with van der Waals surface area (Å²) in [6, 6.07) is 3.87. The SMILES string of the molecule is Nc1cc(F)ccc1C(=O)NC1CCOC1C1CC1. The molecule has 1 aliphatic heterocycles. The van der Waals surface area contributed by atoms with E-state index in [1.54, 1.807) is 0 Å². The van der Waals surface area contributed by atoms with Gasteiger partial charge in [0.1, 0.15) is 5.82 Å². The van der Waals surface area contributed by atoms with Crippen molar-refractivity contribution in [3.8, 4) is 0 Å². The second-order valence-electron chi connectivity index (χ2n) is 5.27. The largest absolute Gasteiger partial charge is 0.398 e. The highest BCUT2D eigenvalue weighted by molar-refractivity contribution is 5.99. The number of hydrogen-bond acceptors (Lipinski definition) is 3. The maximum absolute atomic E-state index is 13.0. The minimum absolute atomic E-state index is 0.0458. The summed E-state index contributed by atoms with van der Waals surface area (Å²) in [7, 11) is 0. The fourth-order valence-electron chi connectivity index (χ4n) is 2.64. The van der Waals surface area contributed by atoms with Crippen LogP contribution < -0.4 is 11.1 Å². The molecule has 1 saturated heterocycles. The molecule has 2 atom stereocenters. The maximum Gasteiger partial charge on any atom is 0.253 e. The first-order valence-corrected chi connectivity index (χ1v) is 6.62. The van der Waals surface area contributed by atoms with Gasteiger partial charge in [0.2, 0.25) is 0 Å². The topological polar surface area (TPSA) is 64.4 Å². The Morgan fingerprint density at radius 3 is 2.84 bits per heavy atom. The first kappa shape index (κ1) is 12.4. The van der Waals surface area contributed by atoms with Crippen LogP contribution in [0.3, 0.4) is 0 Å². The van der Waals surface area contributed by atoms with E-state index in [-0.39, 0.29) is 23.7 Å². The lowest BCUT2D eigenvalue weighted by Gasteiger charge is -2.19. The lowest BCUT2D eigenvalue weighted by Crippen LogP contribution is -2.41. The number of benzene rings is 1. The molecule has 4 nitrogen and oxygen atoms in total. The predicted molar refractivity (Wildman–Crippen MR) is 69.1 cm³/mol. The standard InChI is InChI=1S/C14H17FN2O2/c15-9-3-4-10(11(16)7-9)14(18)17-12-5-6-19-13(12)8-1-2-8/h3-4,7-8,12-13H,1-2,5-6,16H2,(H,17,18). The Labute approximate surface area is 111 Å². The van der Waals surface area contributed by atoms with E-state index in [1.807, 2.05) is 0 Å². The van der Waals surface area contributed by atoms with Crippen LogP contribution in [0.25, 0.3) is 0 Å². The Kier molecular flexibility index (Phi) is 3.14. The van der Waals surface area contributed by atoms with E-state index in [4.69, 9.17) is 10.5 Å². The molecule has 3 N–H and O–H groups in total. The lowest BCUT2D eigenvalue weighted by atomic mass is 10.1. The highest BCUT2D eigenvalue weighted by Crippen LogP contribution is 2.38. The molecule has 2 unspecified atom stereocenters. The number of anilines is 1. The Bertz CT molecular complexity index is 502. The minimum atomic E-state index is -0.436. The second kappa shape index (κ2) is 4.81. The van der Waals surface area contributed by atoms with Crippen LogP contribution in [0.1, 0.15) is 29.6 Å². The number of nitrogens with two attached hydrogens (primary N) is 1. The molecule has 0 radical (unpaired) electrons. The normalized spacial score (nSPS) is 26.4. The van der Waals surface area contributed by atoms with Gasteiger partial charge in [-0.3, -0.25) is 4.79 Å². The van der Waals surface area contributed by atoms with Gasteiger partial charge in [0.25, 0.3) is 5.91 Å². The van der Waals surface area contributed by atoms with Crippen molar-refractivity contribution in [3.05, 3.63) is 29.6 Å². The molecule has 1 aromatic carbocycles. The predicted octanol–water partition coefficient (Wildman–Crippen LogP) is 1.71. The lowest BCUT2D eigenvalue weighted by molar-refractivity contribution is 0.0730. The highest BCUT2D eigenvalue weighted by atomic mass is 19.1. The Morgan fingerprint density at radius 1 is 1.37 bits per heavy atom. The third-order valence-electron chi connectivity index (χ3n) is 3.80. The molecular weight excluding hydrogens is 247 g/mol. The van der Waals surface area contributed by atoms with Crippen LogP contribution in [0.2, 0.25) is 0 Å². The molecule has 5 heteroatoms. The molecule has 3 rings (SSSR count). The van der Waals surface area contributed by atoms with Gasteiger partial charge >= 0.3 is 0 Å². The summed E-state index contributed by atoms with van der Waals surface area (Å²) >= 11 is 0. The summed E-state index contributed by atoms with van der Waals surface area (Å²) in [4.78, 5) is 12.2. The molecule has 0 aromatic heterocycles. The van der Waals surface area contributed by atoms with Crippen molar-refractivity contribution in [2.75, 3.05) is 12.3 Å². The molecule has 2 fully saturated rings. The van der Waals surface area contributed by atoms with E-state index in [2.05, 4.69) is 5.32 Å². The van der Waals surface area contributed by atoms with Gasteiger partial charge in [-0.15, -0.1) is 0 Å². The molecule has 0 bridgehead atoms. The van der Waals surface area contributed by atoms with E-state index in [0.29, 0.717) is 18.1 Å². The number of nitrogens with one attached hydrogen (secondary N) is 1. The van der Waals surface area contributed by atoms with Crippen molar-refractivity contribution in [3.63, 3.8) is 0 Å². The van der Waals surface area contributed by atoms with E-state index >= 15 is 0 Å². The van der Waals surface area contributed by atoms with E-state index in [1.165, 1.54) is 31.0 Å². The third-order valence-corrected chi connectivity index (χ3v) is 3.80. The zero-order valence-corrected chi connectivity index (χ0v) is 10.6. The molecule has 1 amide bonds. The van der Waals surface area contributed by atoms with Gasteiger partial charge in [-0.1, -0.05) is 0 Å². The van der Waals surface area contributed by atoms with Crippen molar-refractivity contribution in [1.29, 1.82) is 0 Å². The van der Waals surface area contributed by atoms with Gasteiger partial charge in [0.05, 0.1) is 17.7 Å². The van der Waals surface area contributed by atoms with E-state index in [9.17, 15) is 9.18 Å². The fourth-order valence-corrected chi connectivity index (χ4v) is 2.64. The molecule has 1 aliphatic carbocycles. The van der Waals surface area contributed by atoms with E-state index < -0.39 is 5.82 Å². The zero-order chi connectivity index (χ0) is 13.4. The monoisotopic (exact) mass is 264 g/mol. The van der Waals surface area contributed by atoms with E-state index in [0.717, 1.165) is 6.42 Å². The van der Waals surface area contributed by atoms with Crippen LogP contribution >= 0.6 is 0 Å². The molecular formula is C14H17FN2O2. The Balaban J connectivity index is 1.70. The van der Waals surface area contributed by atoms with Crippen LogP contribution in [0.4, 0.5) is 10.1 Å². The first-order valence-electron chi connectivity index (χ1n) is 6.62. The van der Waals surface area contributed by atoms with Crippen LogP contribution in [-0.4, -0.2) is 24.7 Å². The van der Waals surface area contributed by atoms with Crippen LogP contribution in [0.15, 0.2) is 18.2 Å². The van der Waals surface area contributed by atoms with Crippen molar-refractivity contribution in [2.45, 2.75) is 31.4 Å². The number of nitrogen functional groups attached to an aromatic ring is 1. The molecule has 1 saturated carbocycles. The van der Waals surface area contributed by atoms with Gasteiger partial charge in [0.15, 0.2) is 0 Å². The van der Waals surface area contributed by atoms with Crippen molar-refractivity contribution in [2.24, 2.45) is 5.92 Å². The van der Waals surface area contributed by atoms with Gasteiger partial charge in [-0.2, -0.15) is 0 Å². The molecule has 2 aliphatic rings. The fraction of sp³-hybridized carbons (Fsp3) is 0.500. The number of carbonyl (C=O) groups is 1. The third kappa shape index (κ3) is 2.56. The number of amides is 1. The highest BCUT2D eigenvalue weighted by Gasteiger charge is 2.41.